The third-order valence-corrected chi connectivity index (χ3v) is 4.51. The first kappa shape index (κ1) is 18.8. The minimum absolute atomic E-state index is 0.243. The van der Waals surface area contributed by atoms with E-state index in [1.165, 1.54) is 5.56 Å². The summed E-state index contributed by atoms with van der Waals surface area (Å²) >= 11 is 0. The van der Waals surface area contributed by atoms with Crippen LogP contribution in [-0.2, 0) is 24.4 Å². The van der Waals surface area contributed by atoms with Crippen molar-refractivity contribution in [2.75, 3.05) is 13.2 Å². The second-order valence-electron chi connectivity index (χ2n) is 7.11. The van der Waals surface area contributed by atoms with Crippen molar-refractivity contribution in [2.45, 2.75) is 52.6 Å². The Kier molecular flexibility index (Phi) is 6.25. The van der Waals surface area contributed by atoms with Crippen LogP contribution in [0.1, 0.15) is 41.9 Å². The van der Waals surface area contributed by atoms with E-state index < -0.39 is 6.10 Å². The molecule has 0 fully saturated rings. The summed E-state index contributed by atoms with van der Waals surface area (Å²) in [4.78, 5) is 4.79. The molecule has 0 bridgehead atoms. The largest absolute Gasteiger partial charge is 0.489 e. The molecule has 5 heteroatoms. The molecule has 2 N–H and O–H groups in total. The smallest absolute Gasteiger partial charge is 0.146 e. The molecule has 1 aliphatic rings. The molecule has 1 aliphatic heterocycles. The Morgan fingerprint density at radius 2 is 1.92 bits per heavy atom. The molecule has 0 amide bonds. The van der Waals surface area contributed by atoms with Crippen molar-refractivity contribution in [2.24, 2.45) is 0 Å². The fourth-order valence-corrected chi connectivity index (χ4v) is 3.17. The highest BCUT2D eigenvalue weighted by atomic mass is 16.5. The van der Waals surface area contributed by atoms with Gasteiger partial charge in [-0.05, 0) is 12.5 Å². The van der Waals surface area contributed by atoms with Gasteiger partial charge in [-0.2, -0.15) is 0 Å². The number of aliphatic hydroxyl groups excluding tert-OH is 1. The molecule has 0 saturated carbocycles. The fraction of sp³-hybridized carbons (Fsp3) is 0.476. The first-order valence-electron chi connectivity index (χ1n) is 9.21. The molecule has 2 aromatic rings. The number of rotatable bonds is 8. The Labute approximate surface area is 155 Å². The van der Waals surface area contributed by atoms with Gasteiger partial charge in [0.25, 0.3) is 0 Å². The number of aromatic nitrogens is 1. The van der Waals surface area contributed by atoms with E-state index in [0.29, 0.717) is 25.8 Å². The lowest BCUT2D eigenvalue weighted by atomic mass is 10.0. The summed E-state index contributed by atoms with van der Waals surface area (Å²) in [6, 6.07) is 10.7. The number of hydrogen-bond acceptors (Lipinski definition) is 5. The molecule has 0 radical (unpaired) electrons. The van der Waals surface area contributed by atoms with Crippen LogP contribution >= 0.6 is 0 Å². The molecule has 0 aliphatic carbocycles. The van der Waals surface area contributed by atoms with E-state index in [4.69, 9.17) is 14.5 Å². The lowest BCUT2D eigenvalue weighted by Crippen LogP contribution is -2.35. The van der Waals surface area contributed by atoms with Crippen molar-refractivity contribution in [3.8, 4) is 5.75 Å². The van der Waals surface area contributed by atoms with Crippen molar-refractivity contribution >= 4 is 0 Å². The standard InChI is InChI=1S/C21H28N2O3/c1-14(2)22-10-17(24)11-26-21-15(3)23-20(18-12-25-13-19(18)21)9-16-7-5-4-6-8-16/h4-8,14,17,22,24H,9-13H2,1-3H3. The van der Waals surface area contributed by atoms with Gasteiger partial charge in [-0.25, -0.2) is 0 Å². The maximum absolute atomic E-state index is 10.1. The third kappa shape index (κ3) is 4.61. The van der Waals surface area contributed by atoms with Gasteiger partial charge in [-0.1, -0.05) is 44.2 Å². The summed E-state index contributed by atoms with van der Waals surface area (Å²) in [6.07, 6.45) is 0.230. The Balaban J connectivity index is 1.75. The molecule has 1 aromatic carbocycles. The Hall–Kier alpha value is -1.95. The predicted octanol–water partition coefficient (Wildman–Crippen LogP) is 2.75. The number of pyridine rings is 1. The van der Waals surface area contributed by atoms with Crippen molar-refractivity contribution in [3.63, 3.8) is 0 Å². The molecule has 2 heterocycles. The number of benzene rings is 1. The van der Waals surface area contributed by atoms with Crippen LogP contribution in [0, 0.1) is 6.92 Å². The molecule has 1 atom stereocenters. The predicted molar refractivity (Wildman–Crippen MR) is 101 cm³/mol. The molecule has 26 heavy (non-hydrogen) atoms. The van der Waals surface area contributed by atoms with Crippen LogP contribution in [0.4, 0.5) is 0 Å². The van der Waals surface area contributed by atoms with E-state index in [1.807, 2.05) is 25.1 Å². The Morgan fingerprint density at radius 1 is 1.19 bits per heavy atom. The number of nitrogens with zero attached hydrogens (tertiary/aromatic N) is 1. The average Bonchev–Trinajstić information content (AvgIpc) is 3.10. The van der Waals surface area contributed by atoms with Crippen molar-refractivity contribution in [3.05, 3.63) is 58.4 Å². The summed E-state index contributed by atoms with van der Waals surface area (Å²) in [5.41, 5.74) is 5.34. The van der Waals surface area contributed by atoms with E-state index in [1.54, 1.807) is 0 Å². The minimum Gasteiger partial charge on any atom is -0.489 e. The summed E-state index contributed by atoms with van der Waals surface area (Å²) in [7, 11) is 0. The highest BCUT2D eigenvalue weighted by molar-refractivity contribution is 5.47. The highest BCUT2D eigenvalue weighted by Gasteiger charge is 2.24. The van der Waals surface area contributed by atoms with Crippen molar-refractivity contribution in [1.29, 1.82) is 0 Å². The highest BCUT2D eigenvalue weighted by Crippen LogP contribution is 2.34. The normalized spacial score (nSPS) is 14.5. The fourth-order valence-electron chi connectivity index (χ4n) is 3.17. The lowest BCUT2D eigenvalue weighted by Gasteiger charge is -2.18. The number of ether oxygens (including phenoxy) is 2. The quantitative estimate of drug-likeness (QED) is 0.761. The van der Waals surface area contributed by atoms with E-state index in [-0.39, 0.29) is 6.61 Å². The van der Waals surface area contributed by atoms with E-state index in [9.17, 15) is 5.11 Å². The van der Waals surface area contributed by atoms with Crippen LogP contribution in [0.25, 0.3) is 0 Å². The van der Waals surface area contributed by atoms with E-state index in [2.05, 4.69) is 31.3 Å². The monoisotopic (exact) mass is 356 g/mol. The number of aliphatic hydroxyl groups is 1. The summed E-state index contributed by atoms with van der Waals surface area (Å²) in [5.74, 6) is 0.762. The summed E-state index contributed by atoms with van der Waals surface area (Å²) in [5, 5.41) is 13.3. The first-order chi connectivity index (χ1) is 12.5. The minimum atomic E-state index is -0.557. The maximum Gasteiger partial charge on any atom is 0.146 e. The van der Waals surface area contributed by atoms with Gasteiger partial charge < -0.3 is 19.9 Å². The van der Waals surface area contributed by atoms with Crippen molar-refractivity contribution < 1.29 is 14.6 Å². The summed E-state index contributed by atoms with van der Waals surface area (Å²) < 4.78 is 11.6. The molecule has 5 nitrogen and oxygen atoms in total. The molecule has 140 valence electrons. The summed E-state index contributed by atoms with van der Waals surface area (Å²) in [6.45, 7) is 7.92. The zero-order valence-corrected chi connectivity index (χ0v) is 15.8. The van der Waals surface area contributed by atoms with Gasteiger partial charge in [-0.15, -0.1) is 0 Å². The topological polar surface area (TPSA) is 63.6 Å². The second kappa shape index (κ2) is 8.62. The lowest BCUT2D eigenvalue weighted by molar-refractivity contribution is 0.101. The zero-order chi connectivity index (χ0) is 18.5. The Bertz CT molecular complexity index is 732. The van der Waals surface area contributed by atoms with Gasteiger partial charge in [0.1, 0.15) is 18.5 Å². The van der Waals surface area contributed by atoms with E-state index in [0.717, 1.165) is 34.7 Å². The average molecular weight is 356 g/mol. The molecule has 0 saturated heterocycles. The Morgan fingerprint density at radius 3 is 2.65 bits per heavy atom. The van der Waals surface area contributed by atoms with E-state index >= 15 is 0 Å². The van der Waals surface area contributed by atoms with Crippen LogP contribution < -0.4 is 10.1 Å². The third-order valence-electron chi connectivity index (χ3n) is 4.51. The SMILES string of the molecule is Cc1nc(Cc2ccccc2)c2c(c1OCC(O)CNC(C)C)COC2. The molecular weight excluding hydrogens is 328 g/mol. The van der Waals surface area contributed by atoms with Gasteiger partial charge >= 0.3 is 0 Å². The number of hydrogen-bond donors (Lipinski definition) is 2. The number of nitrogens with one attached hydrogen (secondary N) is 1. The zero-order valence-electron chi connectivity index (χ0n) is 15.8. The van der Waals surface area contributed by atoms with Crippen LogP contribution in [0.3, 0.4) is 0 Å². The van der Waals surface area contributed by atoms with Gasteiger partial charge in [0.2, 0.25) is 0 Å². The van der Waals surface area contributed by atoms with Crippen LogP contribution in [0.2, 0.25) is 0 Å². The van der Waals surface area contributed by atoms with Crippen LogP contribution in [-0.4, -0.2) is 35.4 Å². The van der Waals surface area contributed by atoms with Gasteiger partial charge in [0.15, 0.2) is 0 Å². The van der Waals surface area contributed by atoms with Gasteiger partial charge in [-0.3, -0.25) is 4.98 Å². The second-order valence-corrected chi connectivity index (χ2v) is 7.11. The molecule has 1 unspecified atom stereocenters. The molecule has 3 rings (SSSR count). The van der Waals surface area contributed by atoms with Gasteiger partial charge in [0.05, 0.1) is 24.6 Å². The number of fused-ring (bicyclic) bond motifs is 1. The van der Waals surface area contributed by atoms with Crippen molar-refractivity contribution in [1.82, 2.24) is 10.3 Å². The van der Waals surface area contributed by atoms with Crippen LogP contribution in [0.15, 0.2) is 30.3 Å². The maximum atomic E-state index is 10.1. The van der Waals surface area contributed by atoms with Gasteiger partial charge in [0, 0.05) is 30.1 Å². The molecule has 1 aromatic heterocycles. The first-order valence-corrected chi connectivity index (χ1v) is 9.21. The molecular formula is C21H28N2O3. The molecule has 0 spiro atoms. The van der Waals surface area contributed by atoms with Crippen LogP contribution in [0.5, 0.6) is 5.75 Å². The number of aryl methyl sites for hydroxylation is 1.